The molecule has 1 N–H and O–H groups in total. The fourth-order valence-electron chi connectivity index (χ4n) is 3.87. The maximum absolute atomic E-state index is 10.6. The monoisotopic (exact) mass is 294 g/mol. The molecule has 1 aromatic rings. The second kappa shape index (κ2) is 5.99. The van der Waals surface area contributed by atoms with E-state index in [0.717, 1.165) is 24.3 Å². The van der Waals surface area contributed by atoms with Crippen molar-refractivity contribution in [2.45, 2.75) is 71.4 Å². The second-order valence-electron chi connectivity index (χ2n) is 7.41. The molecule has 1 aliphatic carbocycles. The van der Waals surface area contributed by atoms with Crippen molar-refractivity contribution >= 4 is 0 Å². The number of aliphatic hydroxyl groups is 1. The summed E-state index contributed by atoms with van der Waals surface area (Å²) in [5, 5.41) is 15.1. The van der Waals surface area contributed by atoms with E-state index in [1.807, 2.05) is 4.68 Å². The van der Waals surface area contributed by atoms with Gasteiger partial charge in [-0.25, -0.2) is 0 Å². The lowest BCUT2D eigenvalue weighted by Crippen LogP contribution is -2.42. The van der Waals surface area contributed by atoms with Gasteiger partial charge in [0.2, 0.25) is 0 Å². The van der Waals surface area contributed by atoms with Crippen molar-refractivity contribution in [3.05, 3.63) is 11.9 Å². The maximum atomic E-state index is 10.6. The molecule has 120 valence electrons. The van der Waals surface area contributed by atoms with Gasteiger partial charge in [-0.15, -0.1) is 0 Å². The number of hydrogen-bond acceptors (Lipinski definition) is 3. The van der Waals surface area contributed by atoms with Crippen LogP contribution in [0.4, 0.5) is 0 Å². The molecule has 1 aromatic heterocycles. The van der Waals surface area contributed by atoms with Crippen LogP contribution in [0.5, 0.6) is 5.75 Å². The Balaban J connectivity index is 2.41. The zero-order chi connectivity index (χ0) is 15.8. The Kier molecular flexibility index (Phi) is 4.66. The first-order valence-corrected chi connectivity index (χ1v) is 8.09. The molecule has 0 aliphatic heterocycles. The SMILES string of the molecule is COc1cnn(C(C)C)c1C(C)(C)C1CCC(C)CC1O. The largest absolute Gasteiger partial charge is 0.493 e. The molecule has 1 saturated carbocycles. The summed E-state index contributed by atoms with van der Waals surface area (Å²) < 4.78 is 7.59. The minimum absolute atomic E-state index is 0.161. The number of aliphatic hydroxyl groups excluding tert-OH is 1. The van der Waals surface area contributed by atoms with Gasteiger partial charge in [-0.2, -0.15) is 5.10 Å². The highest BCUT2D eigenvalue weighted by atomic mass is 16.5. The molecule has 1 aliphatic rings. The van der Waals surface area contributed by atoms with Gasteiger partial charge in [0.15, 0.2) is 5.75 Å². The van der Waals surface area contributed by atoms with Crippen LogP contribution in [0.2, 0.25) is 0 Å². The van der Waals surface area contributed by atoms with Crippen molar-refractivity contribution in [2.24, 2.45) is 11.8 Å². The third kappa shape index (κ3) is 2.96. The van der Waals surface area contributed by atoms with E-state index >= 15 is 0 Å². The van der Waals surface area contributed by atoms with Crippen LogP contribution in [0.3, 0.4) is 0 Å². The average molecular weight is 294 g/mol. The molecular formula is C17H30N2O2. The van der Waals surface area contributed by atoms with Crippen molar-refractivity contribution < 1.29 is 9.84 Å². The number of ether oxygens (including phenoxy) is 1. The fourth-order valence-corrected chi connectivity index (χ4v) is 3.87. The molecule has 4 nitrogen and oxygen atoms in total. The van der Waals surface area contributed by atoms with Crippen LogP contribution in [-0.2, 0) is 5.41 Å². The van der Waals surface area contributed by atoms with Gasteiger partial charge in [0, 0.05) is 11.5 Å². The maximum Gasteiger partial charge on any atom is 0.160 e. The summed E-state index contributed by atoms with van der Waals surface area (Å²) in [7, 11) is 1.70. The molecule has 0 bridgehead atoms. The van der Waals surface area contributed by atoms with Gasteiger partial charge >= 0.3 is 0 Å². The summed E-state index contributed by atoms with van der Waals surface area (Å²) in [5.74, 6) is 1.69. The van der Waals surface area contributed by atoms with E-state index < -0.39 is 0 Å². The molecule has 0 spiro atoms. The summed E-state index contributed by atoms with van der Waals surface area (Å²) in [6.45, 7) is 10.9. The molecule has 1 heterocycles. The highest BCUT2D eigenvalue weighted by Gasteiger charge is 2.43. The Labute approximate surface area is 128 Å². The summed E-state index contributed by atoms with van der Waals surface area (Å²) in [6, 6.07) is 0.280. The summed E-state index contributed by atoms with van der Waals surface area (Å²) >= 11 is 0. The Morgan fingerprint density at radius 3 is 2.57 bits per heavy atom. The molecule has 0 saturated heterocycles. The van der Waals surface area contributed by atoms with Crippen molar-refractivity contribution in [3.8, 4) is 5.75 Å². The van der Waals surface area contributed by atoms with Crippen molar-refractivity contribution in [1.82, 2.24) is 9.78 Å². The zero-order valence-corrected chi connectivity index (χ0v) is 14.3. The third-order valence-electron chi connectivity index (χ3n) is 5.09. The van der Waals surface area contributed by atoms with Gasteiger partial charge in [-0.05, 0) is 38.5 Å². The van der Waals surface area contributed by atoms with Gasteiger partial charge in [0.1, 0.15) is 0 Å². The minimum Gasteiger partial charge on any atom is -0.493 e. The molecule has 2 rings (SSSR count). The van der Waals surface area contributed by atoms with E-state index in [9.17, 15) is 5.11 Å². The summed E-state index contributed by atoms with van der Waals surface area (Å²) in [4.78, 5) is 0. The number of aromatic nitrogens is 2. The number of rotatable bonds is 4. The van der Waals surface area contributed by atoms with E-state index in [1.165, 1.54) is 6.42 Å². The fraction of sp³-hybridized carbons (Fsp3) is 0.824. The number of nitrogens with zero attached hydrogens (tertiary/aromatic N) is 2. The molecule has 3 unspecified atom stereocenters. The molecule has 4 heteroatoms. The Hall–Kier alpha value is -1.03. The van der Waals surface area contributed by atoms with Gasteiger partial charge in [0.25, 0.3) is 0 Å². The van der Waals surface area contributed by atoms with Gasteiger partial charge in [-0.3, -0.25) is 4.68 Å². The highest BCUT2D eigenvalue weighted by Crippen LogP contribution is 2.45. The first-order valence-electron chi connectivity index (χ1n) is 8.09. The first kappa shape index (κ1) is 16.3. The topological polar surface area (TPSA) is 47.3 Å². The van der Waals surface area contributed by atoms with Crippen LogP contribution >= 0.6 is 0 Å². The molecule has 0 aromatic carbocycles. The van der Waals surface area contributed by atoms with Crippen molar-refractivity contribution in [2.75, 3.05) is 7.11 Å². The Bertz CT molecular complexity index is 479. The van der Waals surface area contributed by atoms with E-state index in [4.69, 9.17) is 4.74 Å². The van der Waals surface area contributed by atoms with Crippen LogP contribution < -0.4 is 4.74 Å². The minimum atomic E-state index is -0.246. The molecular weight excluding hydrogens is 264 g/mol. The number of methoxy groups -OCH3 is 1. The lowest BCUT2D eigenvalue weighted by Gasteiger charge is -2.42. The molecule has 21 heavy (non-hydrogen) atoms. The van der Waals surface area contributed by atoms with Crippen molar-refractivity contribution in [1.29, 1.82) is 0 Å². The predicted octanol–water partition coefficient (Wildman–Crippen LogP) is 3.55. The normalized spacial score (nSPS) is 27.1. The van der Waals surface area contributed by atoms with Crippen LogP contribution in [0.25, 0.3) is 0 Å². The van der Waals surface area contributed by atoms with Crippen LogP contribution in [0.1, 0.15) is 65.6 Å². The molecule has 1 fully saturated rings. The van der Waals surface area contributed by atoms with E-state index in [0.29, 0.717) is 5.92 Å². The quantitative estimate of drug-likeness (QED) is 0.924. The lowest BCUT2D eigenvalue weighted by molar-refractivity contribution is 0.0112. The summed E-state index contributed by atoms with van der Waals surface area (Å²) in [5.41, 5.74) is 0.949. The zero-order valence-electron chi connectivity index (χ0n) is 14.3. The van der Waals surface area contributed by atoms with E-state index in [-0.39, 0.29) is 23.5 Å². The number of hydrogen-bond donors (Lipinski definition) is 1. The van der Waals surface area contributed by atoms with Crippen LogP contribution in [0.15, 0.2) is 6.20 Å². The van der Waals surface area contributed by atoms with E-state index in [2.05, 4.69) is 39.7 Å². The van der Waals surface area contributed by atoms with Gasteiger partial charge in [0.05, 0.1) is 25.1 Å². The van der Waals surface area contributed by atoms with Crippen LogP contribution in [0, 0.1) is 11.8 Å². The standard InChI is InChI=1S/C17H30N2O2/c1-11(2)19-16(15(21-6)10-18-19)17(4,5)13-8-7-12(3)9-14(13)20/h10-14,20H,7-9H2,1-6H3. The van der Waals surface area contributed by atoms with Crippen molar-refractivity contribution in [3.63, 3.8) is 0 Å². The van der Waals surface area contributed by atoms with E-state index in [1.54, 1.807) is 13.3 Å². The first-order chi connectivity index (χ1) is 9.78. The smallest absolute Gasteiger partial charge is 0.160 e. The second-order valence-corrected chi connectivity index (χ2v) is 7.41. The van der Waals surface area contributed by atoms with Crippen LogP contribution in [-0.4, -0.2) is 28.1 Å². The lowest BCUT2D eigenvalue weighted by atomic mass is 9.66. The van der Waals surface area contributed by atoms with Gasteiger partial charge in [-0.1, -0.05) is 27.2 Å². The van der Waals surface area contributed by atoms with Gasteiger partial charge < -0.3 is 9.84 Å². The summed E-state index contributed by atoms with van der Waals surface area (Å²) in [6.07, 6.45) is 4.69. The highest BCUT2D eigenvalue weighted by molar-refractivity contribution is 5.33. The average Bonchev–Trinajstić information content (AvgIpc) is 2.82. The predicted molar refractivity (Wildman–Crippen MR) is 84.7 cm³/mol. The molecule has 0 amide bonds. The molecule has 3 atom stereocenters. The third-order valence-corrected chi connectivity index (χ3v) is 5.09. The Morgan fingerprint density at radius 2 is 2.05 bits per heavy atom. The molecule has 0 radical (unpaired) electrons. The Morgan fingerprint density at radius 1 is 1.38 bits per heavy atom.